The average molecular weight is 241 g/mol. The van der Waals surface area contributed by atoms with Gasteiger partial charge in [-0.15, -0.1) is 0 Å². The molecule has 0 N–H and O–H groups in total. The lowest BCUT2D eigenvalue weighted by molar-refractivity contribution is 0.0772. The van der Waals surface area contributed by atoms with Crippen LogP contribution in [0.2, 0.25) is 5.15 Å². The van der Waals surface area contributed by atoms with Gasteiger partial charge in [-0.25, -0.2) is 4.98 Å². The summed E-state index contributed by atoms with van der Waals surface area (Å²) in [5.74, 6) is 0.0176. The number of hydrogen-bond donors (Lipinski definition) is 0. The van der Waals surface area contributed by atoms with Gasteiger partial charge >= 0.3 is 0 Å². The zero-order chi connectivity index (χ0) is 12.1. The van der Waals surface area contributed by atoms with E-state index in [1.54, 1.807) is 11.0 Å². The van der Waals surface area contributed by atoms with Crippen molar-refractivity contribution in [2.75, 3.05) is 13.1 Å². The molecule has 1 rings (SSSR count). The smallest absolute Gasteiger partial charge is 0.254 e. The maximum absolute atomic E-state index is 12.1. The Morgan fingerprint density at radius 2 is 1.94 bits per heavy atom. The van der Waals surface area contributed by atoms with Crippen molar-refractivity contribution in [2.24, 2.45) is 0 Å². The van der Waals surface area contributed by atoms with Crippen LogP contribution in [0.3, 0.4) is 0 Å². The van der Waals surface area contributed by atoms with Crippen LogP contribution < -0.4 is 0 Å². The molecule has 0 saturated carbocycles. The second-order valence-corrected chi connectivity index (χ2v) is 3.89. The number of aromatic nitrogens is 1. The molecular formula is C12H17ClN2O. The van der Waals surface area contributed by atoms with Crippen LogP contribution in [0.1, 0.15) is 36.8 Å². The lowest BCUT2D eigenvalue weighted by Crippen LogP contribution is -2.30. The van der Waals surface area contributed by atoms with Crippen molar-refractivity contribution in [2.45, 2.75) is 27.2 Å². The first kappa shape index (κ1) is 13.0. The molecule has 0 aliphatic heterocycles. The maximum Gasteiger partial charge on any atom is 0.254 e. The molecule has 1 aromatic heterocycles. The molecule has 0 aliphatic carbocycles. The standard InChI is InChI=1S/C12H17ClN2O/c1-4-10-7-9(8-11(13)14-10)12(16)15(5-2)6-3/h7-8H,4-6H2,1-3H3. The zero-order valence-electron chi connectivity index (χ0n) is 9.96. The molecule has 0 saturated heterocycles. The monoisotopic (exact) mass is 240 g/mol. The Morgan fingerprint density at radius 3 is 2.44 bits per heavy atom. The van der Waals surface area contributed by atoms with Crippen LogP contribution in [-0.4, -0.2) is 28.9 Å². The van der Waals surface area contributed by atoms with E-state index in [0.29, 0.717) is 23.8 Å². The molecule has 0 aliphatic rings. The molecule has 0 fully saturated rings. The van der Waals surface area contributed by atoms with Gasteiger partial charge in [-0.05, 0) is 32.4 Å². The molecule has 1 aromatic rings. The van der Waals surface area contributed by atoms with E-state index in [0.717, 1.165) is 12.1 Å². The molecule has 0 unspecified atom stereocenters. The summed E-state index contributed by atoms with van der Waals surface area (Å²) in [6.07, 6.45) is 0.777. The Bertz CT molecular complexity index is 375. The molecule has 0 spiro atoms. The Hall–Kier alpha value is -1.09. The van der Waals surface area contributed by atoms with Crippen molar-refractivity contribution >= 4 is 17.5 Å². The van der Waals surface area contributed by atoms with E-state index < -0.39 is 0 Å². The first-order valence-electron chi connectivity index (χ1n) is 5.58. The van der Waals surface area contributed by atoms with Crippen LogP contribution >= 0.6 is 11.6 Å². The summed E-state index contributed by atoms with van der Waals surface area (Å²) in [6, 6.07) is 3.44. The number of amides is 1. The van der Waals surface area contributed by atoms with Gasteiger partial charge in [0, 0.05) is 24.3 Å². The van der Waals surface area contributed by atoms with Crippen LogP contribution in [0.25, 0.3) is 0 Å². The fraction of sp³-hybridized carbons (Fsp3) is 0.500. The molecule has 1 amide bonds. The molecular weight excluding hydrogens is 224 g/mol. The highest BCUT2D eigenvalue weighted by Crippen LogP contribution is 2.13. The quantitative estimate of drug-likeness (QED) is 0.759. The summed E-state index contributed by atoms with van der Waals surface area (Å²) in [6.45, 7) is 7.33. The predicted octanol–water partition coefficient (Wildman–Crippen LogP) is 2.78. The van der Waals surface area contributed by atoms with E-state index in [-0.39, 0.29) is 5.91 Å². The highest BCUT2D eigenvalue weighted by Gasteiger charge is 2.13. The van der Waals surface area contributed by atoms with Crippen molar-refractivity contribution in [1.82, 2.24) is 9.88 Å². The topological polar surface area (TPSA) is 33.2 Å². The van der Waals surface area contributed by atoms with Gasteiger partial charge in [-0.1, -0.05) is 18.5 Å². The second kappa shape index (κ2) is 5.85. The number of hydrogen-bond acceptors (Lipinski definition) is 2. The van der Waals surface area contributed by atoms with Gasteiger partial charge in [0.15, 0.2) is 0 Å². The largest absolute Gasteiger partial charge is 0.339 e. The van der Waals surface area contributed by atoms with Gasteiger partial charge < -0.3 is 4.90 Å². The lowest BCUT2D eigenvalue weighted by atomic mass is 10.2. The summed E-state index contributed by atoms with van der Waals surface area (Å²) >= 11 is 5.88. The van der Waals surface area contributed by atoms with E-state index in [4.69, 9.17) is 11.6 Å². The molecule has 1 heterocycles. The molecule has 16 heavy (non-hydrogen) atoms. The minimum Gasteiger partial charge on any atom is -0.339 e. The van der Waals surface area contributed by atoms with Crippen molar-refractivity contribution in [3.05, 3.63) is 28.5 Å². The minimum atomic E-state index is 0.0176. The van der Waals surface area contributed by atoms with Crippen molar-refractivity contribution in [1.29, 1.82) is 0 Å². The first-order chi connectivity index (χ1) is 7.62. The number of nitrogens with zero attached hydrogens (tertiary/aromatic N) is 2. The molecule has 0 radical (unpaired) electrons. The SMILES string of the molecule is CCc1cc(C(=O)N(CC)CC)cc(Cl)n1. The van der Waals surface area contributed by atoms with Gasteiger partial charge in [0.25, 0.3) is 5.91 Å². The van der Waals surface area contributed by atoms with Crippen LogP contribution in [0.15, 0.2) is 12.1 Å². The fourth-order valence-electron chi connectivity index (χ4n) is 1.55. The highest BCUT2D eigenvalue weighted by atomic mass is 35.5. The number of halogens is 1. The third-order valence-electron chi connectivity index (χ3n) is 2.51. The van der Waals surface area contributed by atoms with E-state index in [2.05, 4.69) is 4.98 Å². The second-order valence-electron chi connectivity index (χ2n) is 3.50. The summed E-state index contributed by atoms with van der Waals surface area (Å²) in [7, 11) is 0. The first-order valence-corrected chi connectivity index (χ1v) is 5.95. The van der Waals surface area contributed by atoms with Gasteiger partial charge in [0.05, 0.1) is 0 Å². The molecule has 4 heteroatoms. The zero-order valence-corrected chi connectivity index (χ0v) is 10.7. The van der Waals surface area contributed by atoms with E-state index in [1.165, 1.54) is 0 Å². The number of pyridine rings is 1. The Morgan fingerprint density at radius 1 is 1.31 bits per heavy atom. The van der Waals surface area contributed by atoms with Crippen molar-refractivity contribution in [3.63, 3.8) is 0 Å². The average Bonchev–Trinajstić information content (AvgIpc) is 2.29. The van der Waals surface area contributed by atoms with Gasteiger partial charge in [0.1, 0.15) is 5.15 Å². The molecule has 0 aromatic carbocycles. The lowest BCUT2D eigenvalue weighted by Gasteiger charge is -2.18. The number of aryl methyl sites for hydroxylation is 1. The summed E-state index contributed by atoms with van der Waals surface area (Å²) in [4.78, 5) is 18.0. The third-order valence-corrected chi connectivity index (χ3v) is 2.70. The van der Waals surface area contributed by atoms with E-state index in [1.807, 2.05) is 26.8 Å². The van der Waals surface area contributed by atoms with Crippen molar-refractivity contribution < 1.29 is 4.79 Å². The number of carbonyl (C=O) groups is 1. The fourth-order valence-corrected chi connectivity index (χ4v) is 1.78. The predicted molar refractivity (Wildman–Crippen MR) is 65.9 cm³/mol. The molecule has 0 atom stereocenters. The van der Waals surface area contributed by atoms with Crippen molar-refractivity contribution in [3.8, 4) is 0 Å². The highest BCUT2D eigenvalue weighted by molar-refractivity contribution is 6.29. The molecule has 3 nitrogen and oxygen atoms in total. The van der Waals surface area contributed by atoms with Gasteiger partial charge in [-0.3, -0.25) is 4.79 Å². The number of rotatable bonds is 4. The van der Waals surface area contributed by atoms with Gasteiger partial charge in [0.2, 0.25) is 0 Å². The Labute approximate surface area is 101 Å². The maximum atomic E-state index is 12.1. The van der Waals surface area contributed by atoms with Crippen LogP contribution in [0.5, 0.6) is 0 Å². The van der Waals surface area contributed by atoms with Crippen LogP contribution in [-0.2, 0) is 6.42 Å². The molecule has 0 bridgehead atoms. The molecule has 88 valence electrons. The summed E-state index contributed by atoms with van der Waals surface area (Å²) < 4.78 is 0. The van der Waals surface area contributed by atoms with E-state index in [9.17, 15) is 4.79 Å². The normalized spacial score (nSPS) is 10.2. The van der Waals surface area contributed by atoms with E-state index >= 15 is 0 Å². The van der Waals surface area contributed by atoms with Gasteiger partial charge in [-0.2, -0.15) is 0 Å². The minimum absolute atomic E-state index is 0.0176. The van der Waals surface area contributed by atoms with Crippen LogP contribution in [0, 0.1) is 0 Å². The summed E-state index contributed by atoms with van der Waals surface area (Å²) in [5.41, 5.74) is 1.48. The summed E-state index contributed by atoms with van der Waals surface area (Å²) in [5, 5.41) is 0.384. The van der Waals surface area contributed by atoms with Crippen LogP contribution in [0.4, 0.5) is 0 Å². The Balaban J connectivity index is 3.03. The third kappa shape index (κ3) is 2.95. The Kier molecular flexibility index (Phi) is 4.74. The number of carbonyl (C=O) groups excluding carboxylic acids is 1.